The van der Waals surface area contributed by atoms with Crippen LogP contribution in [0.1, 0.15) is 16.7 Å². The molecule has 5 heteroatoms. The first-order valence-corrected chi connectivity index (χ1v) is 7.13. The Balaban J connectivity index is 2.02. The molecule has 0 saturated heterocycles. The van der Waals surface area contributed by atoms with Gasteiger partial charge in [-0.2, -0.15) is 13.2 Å². The van der Waals surface area contributed by atoms with Crippen LogP contribution in [0.3, 0.4) is 0 Å². The Kier molecular flexibility index (Phi) is 4.06. The molecule has 3 rings (SSSR count). The van der Waals surface area contributed by atoms with Crippen molar-refractivity contribution in [2.24, 2.45) is 0 Å². The van der Waals surface area contributed by atoms with Crippen LogP contribution in [0.4, 0.5) is 13.2 Å². The van der Waals surface area contributed by atoms with Gasteiger partial charge in [0.2, 0.25) is 6.10 Å². The van der Waals surface area contributed by atoms with E-state index in [-0.39, 0.29) is 5.75 Å². The molecule has 1 aliphatic heterocycles. The van der Waals surface area contributed by atoms with Crippen LogP contribution in [0.2, 0.25) is 5.02 Å². The van der Waals surface area contributed by atoms with Crippen molar-refractivity contribution in [3.05, 3.63) is 70.3 Å². The number of benzene rings is 2. The van der Waals surface area contributed by atoms with Crippen molar-refractivity contribution >= 4 is 17.7 Å². The molecule has 1 heterocycles. The highest BCUT2D eigenvalue weighted by Gasteiger charge is 2.41. The molecular weight excluding hydrogens is 325 g/mol. The maximum atomic E-state index is 12.9. The van der Waals surface area contributed by atoms with Crippen LogP contribution in [0.5, 0.6) is 5.75 Å². The quantitative estimate of drug-likeness (QED) is 0.611. The summed E-state index contributed by atoms with van der Waals surface area (Å²) in [5.74, 6) is 5.84. The van der Waals surface area contributed by atoms with Crippen LogP contribution in [0, 0.1) is 11.8 Å². The van der Waals surface area contributed by atoms with Crippen molar-refractivity contribution < 1.29 is 17.9 Å². The first kappa shape index (κ1) is 15.5. The summed E-state index contributed by atoms with van der Waals surface area (Å²) in [6.45, 7) is 0. The van der Waals surface area contributed by atoms with E-state index in [4.69, 9.17) is 16.3 Å². The van der Waals surface area contributed by atoms with Gasteiger partial charge < -0.3 is 4.74 Å². The molecule has 0 unspecified atom stereocenters. The predicted molar refractivity (Wildman–Crippen MR) is 83.4 cm³/mol. The predicted octanol–water partition coefficient (Wildman–Crippen LogP) is 5.08. The van der Waals surface area contributed by atoms with Crippen molar-refractivity contribution in [3.8, 4) is 17.6 Å². The van der Waals surface area contributed by atoms with Gasteiger partial charge in [-0.25, -0.2) is 0 Å². The largest absolute Gasteiger partial charge is 0.475 e. The average Bonchev–Trinajstić information content (AvgIpc) is 2.52. The Labute approximate surface area is 136 Å². The van der Waals surface area contributed by atoms with Gasteiger partial charge in [0.15, 0.2) is 0 Å². The number of hydrogen-bond donors (Lipinski definition) is 0. The molecule has 2 aromatic rings. The van der Waals surface area contributed by atoms with Gasteiger partial charge in [0, 0.05) is 16.1 Å². The van der Waals surface area contributed by atoms with E-state index in [1.165, 1.54) is 12.1 Å². The number of ether oxygens (including phenoxy) is 1. The third kappa shape index (κ3) is 3.52. The zero-order chi connectivity index (χ0) is 16.4. The molecule has 0 spiro atoms. The Bertz CT molecular complexity index is 814. The maximum absolute atomic E-state index is 12.9. The van der Waals surface area contributed by atoms with Crippen molar-refractivity contribution in [2.75, 3.05) is 0 Å². The average molecular weight is 335 g/mol. The summed E-state index contributed by atoms with van der Waals surface area (Å²) < 4.78 is 43.7. The van der Waals surface area contributed by atoms with E-state index in [2.05, 4.69) is 11.8 Å². The first-order valence-electron chi connectivity index (χ1n) is 6.76. The highest BCUT2D eigenvalue weighted by Crippen LogP contribution is 2.37. The molecule has 0 bridgehead atoms. The molecule has 0 saturated carbocycles. The third-order valence-electron chi connectivity index (χ3n) is 3.22. The van der Waals surface area contributed by atoms with Crippen LogP contribution >= 0.6 is 11.6 Å². The molecule has 2 aromatic carbocycles. The lowest BCUT2D eigenvalue weighted by Crippen LogP contribution is -2.34. The molecule has 1 aliphatic rings. The van der Waals surface area contributed by atoms with E-state index >= 15 is 0 Å². The second-order valence-electron chi connectivity index (χ2n) is 4.93. The fourth-order valence-corrected chi connectivity index (χ4v) is 2.38. The van der Waals surface area contributed by atoms with Gasteiger partial charge in [-0.3, -0.25) is 0 Å². The maximum Gasteiger partial charge on any atom is 0.429 e. The summed E-state index contributed by atoms with van der Waals surface area (Å²) in [5, 5.41) is 0.389. The minimum Gasteiger partial charge on any atom is -0.475 e. The topological polar surface area (TPSA) is 9.23 Å². The summed E-state index contributed by atoms with van der Waals surface area (Å²) in [6, 6.07) is 12.2. The number of fused-ring (bicyclic) bond motifs is 1. The second-order valence-corrected chi connectivity index (χ2v) is 5.36. The SMILES string of the molecule is FC(F)(F)[C@@H]1C=Cc2cc(Cl)cc(C#Cc3ccccc3)c2O1. The number of alkyl halides is 3. The molecule has 0 fully saturated rings. The Morgan fingerprint density at radius 3 is 2.48 bits per heavy atom. The van der Waals surface area contributed by atoms with Gasteiger partial charge in [-0.15, -0.1) is 0 Å². The molecule has 0 amide bonds. The van der Waals surface area contributed by atoms with E-state index in [9.17, 15) is 13.2 Å². The summed E-state index contributed by atoms with van der Waals surface area (Å²) in [6.07, 6.45) is -4.13. The van der Waals surface area contributed by atoms with Gasteiger partial charge in [-0.1, -0.05) is 47.7 Å². The van der Waals surface area contributed by atoms with Crippen LogP contribution in [-0.2, 0) is 0 Å². The van der Waals surface area contributed by atoms with Gasteiger partial charge in [0.25, 0.3) is 0 Å². The highest BCUT2D eigenvalue weighted by atomic mass is 35.5. The molecular formula is C18H10ClF3O. The second kappa shape index (κ2) is 6.02. The summed E-state index contributed by atoms with van der Waals surface area (Å²) in [4.78, 5) is 0. The Morgan fingerprint density at radius 1 is 1.04 bits per heavy atom. The van der Waals surface area contributed by atoms with Gasteiger partial charge in [0.05, 0.1) is 5.56 Å². The fraction of sp³-hybridized carbons (Fsp3) is 0.111. The van der Waals surface area contributed by atoms with Gasteiger partial charge in [0.1, 0.15) is 5.75 Å². The molecule has 116 valence electrons. The third-order valence-corrected chi connectivity index (χ3v) is 3.43. The zero-order valence-electron chi connectivity index (χ0n) is 11.7. The van der Waals surface area contributed by atoms with Crippen molar-refractivity contribution in [1.82, 2.24) is 0 Å². The smallest absolute Gasteiger partial charge is 0.429 e. The summed E-state index contributed by atoms with van der Waals surface area (Å²) in [5.41, 5.74) is 1.56. The molecule has 23 heavy (non-hydrogen) atoms. The lowest BCUT2D eigenvalue weighted by atomic mass is 10.0. The molecule has 1 nitrogen and oxygen atoms in total. The lowest BCUT2D eigenvalue weighted by molar-refractivity contribution is -0.180. The van der Waals surface area contributed by atoms with Gasteiger partial charge in [-0.05, 0) is 30.3 Å². The molecule has 0 radical (unpaired) electrons. The van der Waals surface area contributed by atoms with Crippen molar-refractivity contribution in [3.63, 3.8) is 0 Å². The van der Waals surface area contributed by atoms with Crippen molar-refractivity contribution in [1.29, 1.82) is 0 Å². The summed E-state index contributed by atoms with van der Waals surface area (Å²) >= 11 is 6.01. The van der Waals surface area contributed by atoms with E-state index in [1.54, 1.807) is 6.07 Å². The van der Waals surface area contributed by atoms with Crippen LogP contribution < -0.4 is 4.74 Å². The normalized spacial score (nSPS) is 16.1. The van der Waals surface area contributed by atoms with E-state index in [1.807, 2.05) is 30.3 Å². The minimum atomic E-state index is -4.47. The monoisotopic (exact) mass is 334 g/mol. The number of hydrogen-bond acceptors (Lipinski definition) is 1. The van der Waals surface area contributed by atoms with Crippen LogP contribution in [-0.4, -0.2) is 12.3 Å². The Hall–Kier alpha value is -2.38. The minimum absolute atomic E-state index is 0.0997. The highest BCUT2D eigenvalue weighted by molar-refractivity contribution is 6.31. The van der Waals surface area contributed by atoms with E-state index in [0.717, 1.165) is 11.6 Å². The molecule has 0 N–H and O–H groups in total. The molecule has 0 aromatic heterocycles. The number of rotatable bonds is 0. The fourth-order valence-electron chi connectivity index (χ4n) is 2.16. The Morgan fingerprint density at radius 2 is 1.78 bits per heavy atom. The standard InChI is InChI=1S/C18H10ClF3O/c19-15-10-13(7-6-12-4-2-1-3-5-12)17-14(11-15)8-9-16(23-17)18(20,21)22/h1-5,8-11,16H/t16-/m0/s1. The molecule has 1 atom stereocenters. The summed E-state index contributed by atoms with van der Waals surface area (Å²) in [7, 11) is 0. The molecule has 0 aliphatic carbocycles. The zero-order valence-corrected chi connectivity index (χ0v) is 12.4. The van der Waals surface area contributed by atoms with Crippen LogP contribution in [0.15, 0.2) is 48.5 Å². The first-order chi connectivity index (χ1) is 10.9. The van der Waals surface area contributed by atoms with Gasteiger partial charge >= 0.3 is 6.18 Å². The van der Waals surface area contributed by atoms with E-state index < -0.39 is 12.3 Å². The van der Waals surface area contributed by atoms with Crippen molar-refractivity contribution in [2.45, 2.75) is 12.3 Å². The van der Waals surface area contributed by atoms with Crippen LogP contribution in [0.25, 0.3) is 6.08 Å². The van der Waals surface area contributed by atoms with E-state index in [0.29, 0.717) is 16.1 Å². The lowest BCUT2D eigenvalue weighted by Gasteiger charge is -2.24. The number of halogens is 4.